The Morgan fingerprint density at radius 1 is 1.11 bits per heavy atom. The topological polar surface area (TPSA) is 20.2 Å². The van der Waals surface area contributed by atoms with E-state index in [9.17, 15) is 5.11 Å². The van der Waals surface area contributed by atoms with Crippen molar-refractivity contribution < 1.29 is 5.11 Å². The van der Waals surface area contributed by atoms with E-state index in [1.54, 1.807) is 11.3 Å². The van der Waals surface area contributed by atoms with Gasteiger partial charge in [-0.2, -0.15) is 0 Å². The van der Waals surface area contributed by atoms with E-state index in [0.29, 0.717) is 5.92 Å². The molecule has 0 aliphatic heterocycles. The molecule has 0 aromatic carbocycles. The lowest BCUT2D eigenvalue weighted by molar-refractivity contribution is -0.0907. The van der Waals surface area contributed by atoms with Crippen LogP contribution in [0.4, 0.5) is 0 Å². The number of aryl methyl sites for hydroxylation is 1. The molecule has 1 aromatic heterocycles. The van der Waals surface area contributed by atoms with E-state index in [-0.39, 0.29) is 6.10 Å². The van der Waals surface area contributed by atoms with Crippen LogP contribution in [0.1, 0.15) is 48.6 Å². The third-order valence-corrected chi connectivity index (χ3v) is 6.64. The molecule has 0 spiro atoms. The third-order valence-electron chi connectivity index (χ3n) is 5.76. The Hall–Kier alpha value is -0.340. The molecule has 4 saturated carbocycles. The van der Waals surface area contributed by atoms with E-state index >= 15 is 0 Å². The Bertz CT molecular complexity index is 422. The quantitative estimate of drug-likeness (QED) is 0.848. The molecule has 4 aliphatic carbocycles. The molecule has 0 saturated heterocycles. The van der Waals surface area contributed by atoms with Gasteiger partial charge >= 0.3 is 0 Å². The summed E-state index contributed by atoms with van der Waals surface area (Å²) in [4.78, 5) is 1.33. The lowest BCUT2D eigenvalue weighted by Crippen LogP contribution is -2.47. The molecule has 1 heterocycles. The minimum absolute atomic E-state index is 0.190. The van der Waals surface area contributed by atoms with Crippen LogP contribution < -0.4 is 0 Å². The highest BCUT2D eigenvalue weighted by molar-refractivity contribution is 7.10. The van der Waals surface area contributed by atoms with Gasteiger partial charge in [-0.25, -0.2) is 0 Å². The molecule has 5 rings (SSSR count). The van der Waals surface area contributed by atoms with Gasteiger partial charge in [0.15, 0.2) is 0 Å². The van der Waals surface area contributed by atoms with Crippen LogP contribution in [0, 0.1) is 36.5 Å². The predicted molar refractivity (Wildman–Crippen MR) is 74.6 cm³/mol. The van der Waals surface area contributed by atoms with Crippen molar-refractivity contribution in [2.45, 2.75) is 45.1 Å². The van der Waals surface area contributed by atoms with E-state index in [1.165, 1.54) is 42.5 Å². The average Bonchev–Trinajstić information content (AvgIpc) is 2.74. The maximum Gasteiger partial charge on any atom is 0.0831 e. The van der Waals surface area contributed by atoms with E-state index in [1.807, 2.05) is 0 Å². The number of aliphatic hydroxyl groups is 1. The number of hydrogen-bond acceptors (Lipinski definition) is 2. The molecule has 1 N–H and O–H groups in total. The fourth-order valence-corrected chi connectivity index (χ4v) is 6.06. The van der Waals surface area contributed by atoms with Gasteiger partial charge in [0.05, 0.1) is 6.10 Å². The second-order valence-corrected chi connectivity index (χ2v) is 8.06. The molecule has 0 radical (unpaired) electrons. The van der Waals surface area contributed by atoms with Crippen LogP contribution in [0.5, 0.6) is 0 Å². The summed E-state index contributed by atoms with van der Waals surface area (Å²) < 4.78 is 0. The monoisotopic (exact) mass is 262 g/mol. The van der Waals surface area contributed by atoms with Gasteiger partial charge in [0.1, 0.15) is 0 Å². The van der Waals surface area contributed by atoms with E-state index < -0.39 is 0 Å². The Morgan fingerprint density at radius 2 is 1.72 bits per heavy atom. The molecule has 1 atom stereocenters. The second-order valence-electron chi connectivity index (χ2n) is 6.94. The zero-order chi connectivity index (χ0) is 12.3. The van der Waals surface area contributed by atoms with E-state index in [2.05, 4.69) is 18.4 Å². The molecule has 4 bridgehead atoms. The van der Waals surface area contributed by atoms with Crippen LogP contribution in [0.2, 0.25) is 0 Å². The molecule has 1 unspecified atom stereocenters. The first kappa shape index (κ1) is 11.5. The van der Waals surface area contributed by atoms with Crippen molar-refractivity contribution in [3.8, 4) is 0 Å². The Balaban J connectivity index is 1.61. The summed E-state index contributed by atoms with van der Waals surface area (Å²) in [6.45, 7) is 2.14. The summed E-state index contributed by atoms with van der Waals surface area (Å²) in [6, 6.07) is 2.19. The summed E-state index contributed by atoms with van der Waals surface area (Å²) in [5, 5.41) is 12.9. The standard InChI is InChI=1S/C16H22OS/c1-9-2-14(8-18-9)16(17)15-12-4-10-3-11(6-12)7-13(15)5-10/h2,8,10-13,15-17H,3-7H2,1H3. The van der Waals surface area contributed by atoms with Crippen molar-refractivity contribution in [1.29, 1.82) is 0 Å². The van der Waals surface area contributed by atoms with Crippen molar-refractivity contribution in [2.24, 2.45) is 29.6 Å². The Morgan fingerprint density at radius 3 is 2.22 bits per heavy atom. The largest absolute Gasteiger partial charge is 0.388 e. The lowest BCUT2D eigenvalue weighted by atomic mass is 9.50. The van der Waals surface area contributed by atoms with Crippen molar-refractivity contribution >= 4 is 11.3 Å². The van der Waals surface area contributed by atoms with E-state index in [0.717, 1.165) is 23.7 Å². The molecule has 1 nitrogen and oxygen atoms in total. The minimum Gasteiger partial charge on any atom is -0.388 e. The van der Waals surface area contributed by atoms with Crippen LogP contribution in [-0.2, 0) is 0 Å². The van der Waals surface area contributed by atoms with Crippen LogP contribution in [-0.4, -0.2) is 5.11 Å². The first-order valence-corrected chi connectivity index (χ1v) is 8.31. The number of hydrogen-bond donors (Lipinski definition) is 1. The van der Waals surface area contributed by atoms with Crippen molar-refractivity contribution in [3.05, 3.63) is 21.9 Å². The smallest absolute Gasteiger partial charge is 0.0831 e. The molecule has 4 fully saturated rings. The third kappa shape index (κ3) is 1.69. The number of thiophene rings is 1. The highest BCUT2D eigenvalue weighted by atomic mass is 32.1. The first-order valence-electron chi connectivity index (χ1n) is 7.44. The fraction of sp³-hybridized carbons (Fsp3) is 0.750. The van der Waals surface area contributed by atoms with E-state index in [4.69, 9.17) is 0 Å². The number of aliphatic hydroxyl groups excluding tert-OH is 1. The Kier molecular flexibility index (Phi) is 2.60. The van der Waals surface area contributed by atoms with Gasteiger partial charge in [-0.05, 0) is 85.6 Å². The molecular formula is C16H22OS. The molecule has 1 aromatic rings. The van der Waals surface area contributed by atoms with Crippen LogP contribution in [0.25, 0.3) is 0 Å². The first-order chi connectivity index (χ1) is 8.70. The summed E-state index contributed by atoms with van der Waals surface area (Å²) >= 11 is 1.77. The van der Waals surface area contributed by atoms with Crippen molar-refractivity contribution in [2.75, 3.05) is 0 Å². The van der Waals surface area contributed by atoms with Gasteiger partial charge in [0.25, 0.3) is 0 Å². The lowest BCUT2D eigenvalue weighted by Gasteiger charge is -2.55. The van der Waals surface area contributed by atoms with Crippen LogP contribution in [0.15, 0.2) is 11.4 Å². The summed E-state index contributed by atoms with van der Waals surface area (Å²) in [5.74, 6) is 4.19. The summed E-state index contributed by atoms with van der Waals surface area (Å²) in [5.41, 5.74) is 1.19. The predicted octanol–water partition coefficient (Wildman–Crippen LogP) is 4.16. The molecule has 18 heavy (non-hydrogen) atoms. The van der Waals surface area contributed by atoms with Gasteiger partial charge in [-0.3, -0.25) is 0 Å². The van der Waals surface area contributed by atoms with Gasteiger partial charge in [0, 0.05) is 4.88 Å². The zero-order valence-corrected chi connectivity index (χ0v) is 11.8. The summed E-state index contributed by atoms with van der Waals surface area (Å²) in [6.07, 6.45) is 6.91. The van der Waals surface area contributed by atoms with Gasteiger partial charge in [-0.1, -0.05) is 0 Å². The molecule has 0 amide bonds. The SMILES string of the molecule is Cc1cc(C(O)C2C3CC4CC(C3)CC2C4)cs1. The van der Waals surface area contributed by atoms with Crippen molar-refractivity contribution in [1.82, 2.24) is 0 Å². The zero-order valence-electron chi connectivity index (χ0n) is 11.0. The minimum atomic E-state index is -0.190. The number of rotatable bonds is 2. The van der Waals surface area contributed by atoms with Crippen molar-refractivity contribution in [3.63, 3.8) is 0 Å². The molecular weight excluding hydrogens is 240 g/mol. The summed E-state index contributed by atoms with van der Waals surface area (Å²) in [7, 11) is 0. The second kappa shape index (κ2) is 4.08. The molecule has 2 heteroatoms. The fourth-order valence-electron chi connectivity index (χ4n) is 5.32. The average molecular weight is 262 g/mol. The Labute approximate surface area is 113 Å². The highest BCUT2D eigenvalue weighted by Crippen LogP contribution is 2.59. The maximum atomic E-state index is 10.8. The molecule has 4 aliphatic rings. The molecule has 98 valence electrons. The normalized spacial score (nSPS) is 43.3. The van der Waals surface area contributed by atoms with Gasteiger partial charge in [-0.15, -0.1) is 11.3 Å². The van der Waals surface area contributed by atoms with Crippen LogP contribution in [0.3, 0.4) is 0 Å². The highest BCUT2D eigenvalue weighted by Gasteiger charge is 2.50. The maximum absolute atomic E-state index is 10.8. The van der Waals surface area contributed by atoms with Gasteiger partial charge in [0.2, 0.25) is 0 Å². The van der Waals surface area contributed by atoms with Gasteiger partial charge < -0.3 is 5.11 Å². The van der Waals surface area contributed by atoms with Crippen LogP contribution >= 0.6 is 11.3 Å².